The van der Waals surface area contributed by atoms with Crippen LogP contribution >= 0.6 is 0 Å². The molecule has 0 amide bonds. The molecule has 1 unspecified atom stereocenters. The number of aliphatic hydroxyl groups excluding tert-OH is 1. The number of aliphatic hydroxyl groups is 1. The van der Waals surface area contributed by atoms with Gasteiger partial charge in [0.25, 0.3) is 0 Å². The van der Waals surface area contributed by atoms with E-state index in [9.17, 15) is 5.11 Å². The van der Waals surface area contributed by atoms with Crippen molar-refractivity contribution in [2.75, 3.05) is 13.1 Å². The highest BCUT2D eigenvalue weighted by molar-refractivity contribution is 5.78. The fraction of sp³-hybridized carbons (Fsp3) is 0.421. The second-order valence-corrected chi connectivity index (χ2v) is 6.81. The number of aromatic nitrogens is 1. The summed E-state index contributed by atoms with van der Waals surface area (Å²) in [7, 11) is 0. The second kappa shape index (κ2) is 5.49. The maximum Gasteiger partial charge on any atom is 0.132 e. The van der Waals surface area contributed by atoms with E-state index in [-0.39, 0.29) is 0 Å². The van der Waals surface area contributed by atoms with Gasteiger partial charge in [0.15, 0.2) is 0 Å². The molecule has 114 valence electrons. The average molecular weight is 295 g/mol. The maximum atomic E-state index is 10.9. The summed E-state index contributed by atoms with van der Waals surface area (Å²) in [5, 5.41) is 12.0. The summed E-state index contributed by atoms with van der Waals surface area (Å²) >= 11 is 0. The summed E-state index contributed by atoms with van der Waals surface area (Å²) in [6, 6.07) is 10.5. The first-order valence-electron chi connectivity index (χ1n) is 8.26. The van der Waals surface area contributed by atoms with Gasteiger partial charge < -0.3 is 10.0 Å². The number of fused-ring (bicyclic) bond motifs is 4. The lowest BCUT2D eigenvalue weighted by atomic mass is 9.74. The van der Waals surface area contributed by atoms with Crippen LogP contribution in [-0.2, 0) is 0 Å². The van der Waals surface area contributed by atoms with Crippen LogP contribution in [0.15, 0.2) is 49.2 Å². The number of hydrogen-bond donors (Lipinski definition) is 2. The van der Waals surface area contributed by atoms with Crippen LogP contribution in [-0.4, -0.2) is 29.2 Å². The predicted molar refractivity (Wildman–Crippen MR) is 87.6 cm³/mol. The molecule has 1 aromatic carbocycles. The van der Waals surface area contributed by atoms with Crippen molar-refractivity contribution < 1.29 is 10.0 Å². The van der Waals surface area contributed by atoms with Crippen LogP contribution in [0.3, 0.4) is 0 Å². The molecule has 0 spiro atoms. The number of quaternary nitrogens is 1. The number of nitrogens with zero attached hydrogens (tertiary/aromatic N) is 1. The molecule has 3 aliphatic rings. The first kappa shape index (κ1) is 13.9. The van der Waals surface area contributed by atoms with Gasteiger partial charge in [0.05, 0.1) is 18.6 Å². The van der Waals surface area contributed by atoms with Crippen LogP contribution in [0, 0.1) is 11.8 Å². The van der Waals surface area contributed by atoms with Crippen molar-refractivity contribution in [3.05, 3.63) is 54.7 Å². The molecule has 3 fully saturated rings. The molecule has 3 heteroatoms. The zero-order valence-electron chi connectivity index (χ0n) is 12.8. The van der Waals surface area contributed by atoms with Crippen LogP contribution in [0.5, 0.6) is 0 Å². The molecule has 5 rings (SSSR count). The van der Waals surface area contributed by atoms with Crippen LogP contribution in [0.1, 0.15) is 24.5 Å². The lowest BCUT2D eigenvalue weighted by molar-refractivity contribution is -0.949. The number of nitrogens with one attached hydrogen (secondary N) is 1. The Morgan fingerprint density at radius 3 is 3.00 bits per heavy atom. The number of benzene rings is 1. The third kappa shape index (κ3) is 2.25. The molecule has 0 radical (unpaired) electrons. The number of rotatable bonds is 3. The van der Waals surface area contributed by atoms with E-state index in [1.807, 2.05) is 24.4 Å². The van der Waals surface area contributed by atoms with Gasteiger partial charge in [0, 0.05) is 35.9 Å². The van der Waals surface area contributed by atoms with Crippen molar-refractivity contribution >= 4 is 10.9 Å². The van der Waals surface area contributed by atoms with E-state index in [2.05, 4.69) is 29.8 Å². The average Bonchev–Trinajstić information content (AvgIpc) is 2.60. The minimum atomic E-state index is -0.416. The quantitative estimate of drug-likeness (QED) is 0.847. The summed E-state index contributed by atoms with van der Waals surface area (Å²) in [4.78, 5) is 6.04. The molecule has 5 atom stereocenters. The Labute approximate surface area is 131 Å². The molecule has 2 aromatic rings. The van der Waals surface area contributed by atoms with E-state index in [4.69, 9.17) is 0 Å². The van der Waals surface area contributed by atoms with Crippen LogP contribution in [0.25, 0.3) is 10.9 Å². The van der Waals surface area contributed by atoms with Crippen molar-refractivity contribution in [2.45, 2.75) is 25.0 Å². The fourth-order valence-electron chi connectivity index (χ4n) is 4.39. The van der Waals surface area contributed by atoms with Gasteiger partial charge >= 0.3 is 0 Å². The summed E-state index contributed by atoms with van der Waals surface area (Å²) < 4.78 is 0. The molecular formula is C19H23N2O+. The molecule has 0 saturated carbocycles. The molecule has 3 aliphatic heterocycles. The molecule has 2 bridgehead atoms. The van der Waals surface area contributed by atoms with Gasteiger partial charge in [-0.1, -0.05) is 24.3 Å². The Morgan fingerprint density at radius 2 is 2.23 bits per heavy atom. The molecule has 22 heavy (non-hydrogen) atoms. The third-order valence-corrected chi connectivity index (χ3v) is 5.66. The van der Waals surface area contributed by atoms with E-state index in [0.29, 0.717) is 17.9 Å². The van der Waals surface area contributed by atoms with Gasteiger partial charge in [-0.05, 0) is 18.1 Å². The van der Waals surface area contributed by atoms with E-state index in [1.54, 1.807) is 0 Å². The van der Waals surface area contributed by atoms with Crippen LogP contribution < -0.4 is 4.90 Å². The van der Waals surface area contributed by atoms with E-state index >= 15 is 0 Å². The summed E-state index contributed by atoms with van der Waals surface area (Å²) in [6.45, 7) is 6.28. The lowest BCUT2D eigenvalue weighted by Crippen LogP contribution is -3.20. The fourth-order valence-corrected chi connectivity index (χ4v) is 4.39. The van der Waals surface area contributed by atoms with E-state index in [1.165, 1.54) is 17.9 Å². The summed E-state index contributed by atoms with van der Waals surface area (Å²) in [5.41, 5.74) is 1.95. The highest BCUT2D eigenvalue weighted by Crippen LogP contribution is 2.32. The zero-order chi connectivity index (χ0) is 15.1. The van der Waals surface area contributed by atoms with Crippen molar-refractivity contribution in [1.29, 1.82) is 0 Å². The largest absolute Gasteiger partial charge is 0.382 e. The summed E-state index contributed by atoms with van der Waals surface area (Å²) in [5.74, 6) is 1.32. The molecule has 3 nitrogen and oxygen atoms in total. The number of pyridine rings is 1. The minimum absolute atomic E-state index is 0.304. The molecule has 0 aliphatic carbocycles. The zero-order valence-corrected chi connectivity index (χ0v) is 12.8. The smallest absolute Gasteiger partial charge is 0.132 e. The Kier molecular flexibility index (Phi) is 3.47. The van der Waals surface area contributed by atoms with Gasteiger partial charge in [0.2, 0.25) is 0 Å². The number of hydrogen-bond acceptors (Lipinski definition) is 2. The number of piperidine rings is 3. The van der Waals surface area contributed by atoms with E-state index in [0.717, 1.165) is 29.4 Å². The SMILES string of the molecule is C=C[C@@H]1C[NH+]2CC[C@H]1C[C@@H]2[C@@H](O)c1cnc2ccccc2c1. The summed E-state index contributed by atoms with van der Waals surface area (Å²) in [6.07, 6.45) is 5.91. The topological polar surface area (TPSA) is 37.6 Å². The van der Waals surface area contributed by atoms with E-state index < -0.39 is 6.10 Å². The van der Waals surface area contributed by atoms with Gasteiger partial charge in [-0.2, -0.15) is 0 Å². The highest BCUT2D eigenvalue weighted by atomic mass is 16.3. The predicted octanol–water partition coefficient (Wildman–Crippen LogP) is 1.75. The van der Waals surface area contributed by atoms with Gasteiger partial charge in [-0.15, -0.1) is 6.58 Å². The monoisotopic (exact) mass is 295 g/mol. The van der Waals surface area contributed by atoms with Gasteiger partial charge in [0.1, 0.15) is 12.1 Å². The van der Waals surface area contributed by atoms with Crippen molar-refractivity contribution in [2.24, 2.45) is 11.8 Å². The Balaban J connectivity index is 1.61. The van der Waals surface area contributed by atoms with Gasteiger partial charge in [-0.25, -0.2) is 0 Å². The van der Waals surface area contributed by atoms with Gasteiger partial charge in [-0.3, -0.25) is 4.98 Å². The first-order chi connectivity index (χ1) is 10.8. The maximum absolute atomic E-state index is 10.9. The first-order valence-corrected chi connectivity index (χ1v) is 8.26. The van der Waals surface area contributed by atoms with Crippen molar-refractivity contribution in [1.82, 2.24) is 4.98 Å². The lowest BCUT2D eigenvalue weighted by Gasteiger charge is -2.47. The van der Waals surface area contributed by atoms with Crippen molar-refractivity contribution in [3.63, 3.8) is 0 Å². The minimum Gasteiger partial charge on any atom is -0.382 e. The molecule has 3 saturated heterocycles. The second-order valence-electron chi connectivity index (χ2n) is 6.81. The molecule has 1 aromatic heterocycles. The molecular weight excluding hydrogens is 272 g/mol. The normalized spacial score (nSPS) is 32.0. The third-order valence-electron chi connectivity index (χ3n) is 5.66. The van der Waals surface area contributed by atoms with Crippen LogP contribution in [0.2, 0.25) is 0 Å². The highest BCUT2D eigenvalue weighted by Gasteiger charge is 2.45. The number of para-hydroxylation sites is 1. The van der Waals surface area contributed by atoms with Crippen LogP contribution in [0.4, 0.5) is 0 Å². The molecule has 2 N–H and O–H groups in total. The van der Waals surface area contributed by atoms with Crippen molar-refractivity contribution in [3.8, 4) is 0 Å². The standard InChI is InChI=1S/C19H22N2O/c1-2-13-12-21-8-7-14(13)10-18(21)19(22)16-9-15-5-3-4-6-17(15)20-11-16/h2-6,9,11,13-14,18-19,22H,1,7-8,10,12H2/p+1/t13-,14+,18-,19+/m1/s1. The molecule has 4 heterocycles. The Bertz CT molecular complexity index is 699. The Hall–Kier alpha value is -1.71. The Morgan fingerprint density at radius 1 is 1.36 bits per heavy atom.